The van der Waals surface area contributed by atoms with Crippen LogP contribution in [-0.4, -0.2) is 157 Å². The summed E-state index contributed by atoms with van der Waals surface area (Å²) in [5.74, 6) is -11.3. The lowest BCUT2D eigenvalue weighted by molar-refractivity contribution is -0.157. The van der Waals surface area contributed by atoms with Gasteiger partial charge in [0.2, 0.25) is 0 Å². The molecule has 0 rings (SSSR count). The summed E-state index contributed by atoms with van der Waals surface area (Å²) >= 11 is 0. The molecule has 5 atom stereocenters. The van der Waals surface area contributed by atoms with Gasteiger partial charge >= 0.3 is 59.7 Å². The number of carbonyl (C=O) groups excluding carboxylic acids is 6. The van der Waals surface area contributed by atoms with Crippen LogP contribution in [0.25, 0.3) is 0 Å². The van der Waals surface area contributed by atoms with Crippen molar-refractivity contribution >= 4 is 94.4 Å². The zero-order chi connectivity index (χ0) is 111. The van der Waals surface area contributed by atoms with Crippen molar-refractivity contribution in [2.75, 3.05) is 6.61 Å². The standard InChI is InChI=1S/C26H48O6.C26H48O5.C26H46O5.C15H26O5.C15H28O3.C10H18O3/c1-23(28)26(25(31)32,20-16-12-8-4-2-6-10-14-18-22-27)21-17-13-9-5-3-7-11-15-19-24(29)30;2*1-3-4-5-6-7-9-12-15-18-21-26(23(2)27,25(30)31)22-19-16-13-10-8-11-14-17-20-24(28)29;1-12(16)13(15(19)20)10-8-6-4-2-3-5-7-9-11-14(17)18;1-3-4-5-6-7-8-9-10-11-12-14(13(2)16)15(17)18;1-7(11)9(2,3)6-10(4,5)8(12)13/h27H,2-22H2,1H3,(H,29,30)(H,31,32);3-22H2,1-2H3,(H,28,29)(H,30,31);3H,1,4-22H2,2H3,(H,28,29)(H,30,31);13H,2-11H2,1H3,(H,17,18)(H,19,20);14H,3-12H2,1-2H3,(H,17,18);6H2,1-5H3,(H,12,13). The van der Waals surface area contributed by atoms with Gasteiger partial charge < -0.3 is 56.2 Å². The number of aliphatic carboxylic acids is 10. The highest BCUT2D eigenvalue weighted by atomic mass is 16.4. The van der Waals surface area contributed by atoms with Crippen molar-refractivity contribution < 1.29 is 133 Å². The third kappa shape index (κ3) is 90.1. The van der Waals surface area contributed by atoms with E-state index in [4.69, 9.17) is 40.9 Å². The molecular weight excluding hydrogens is 1850 g/mol. The molecule has 0 aliphatic heterocycles. The Kier molecular flexibility index (Phi) is 102. The summed E-state index contributed by atoms with van der Waals surface area (Å²) in [5, 5.41) is 99.1. The Morgan fingerprint density at radius 2 is 0.407 bits per heavy atom. The van der Waals surface area contributed by atoms with Crippen LogP contribution in [0.3, 0.4) is 0 Å². The molecule has 0 amide bonds. The van der Waals surface area contributed by atoms with Crippen molar-refractivity contribution in [3.8, 4) is 0 Å². The van der Waals surface area contributed by atoms with Crippen LogP contribution in [0, 0.1) is 38.9 Å². The Labute approximate surface area is 877 Å². The molecule has 27 heteroatoms. The Balaban J connectivity index is -0.000000409. The Morgan fingerprint density at radius 1 is 0.228 bits per heavy atom. The maximum atomic E-state index is 12.3. The number of unbranched alkanes of at least 4 members (excludes halogenated alkanes) is 59. The lowest BCUT2D eigenvalue weighted by Gasteiger charge is -2.29. The maximum absolute atomic E-state index is 12.3. The molecule has 0 aliphatic carbocycles. The van der Waals surface area contributed by atoms with Gasteiger partial charge in [0.1, 0.15) is 62.8 Å². The Hall–Kier alpha value is -7.58. The molecule has 848 valence electrons. The minimum atomic E-state index is -1.22. The summed E-state index contributed by atoms with van der Waals surface area (Å²) < 4.78 is 0. The van der Waals surface area contributed by atoms with Crippen LogP contribution < -0.4 is 0 Å². The number of aliphatic hydroxyl groups is 1. The predicted molar refractivity (Wildman–Crippen MR) is 580 cm³/mol. The first-order valence-corrected chi connectivity index (χ1v) is 57.3. The lowest BCUT2D eigenvalue weighted by atomic mass is 9.73. The number of ketones is 6. The normalized spacial score (nSPS) is 12.8. The van der Waals surface area contributed by atoms with Crippen molar-refractivity contribution in [2.45, 2.75) is 597 Å². The first kappa shape index (κ1) is 148. The van der Waals surface area contributed by atoms with Gasteiger partial charge in [0.15, 0.2) is 0 Å². The van der Waals surface area contributed by atoms with Gasteiger partial charge in [-0.2, -0.15) is 0 Å². The summed E-state index contributed by atoms with van der Waals surface area (Å²) in [7, 11) is 0. The maximum Gasteiger partial charge on any atom is 0.317 e. The van der Waals surface area contributed by atoms with Crippen LogP contribution >= 0.6 is 0 Å². The third-order valence-electron chi connectivity index (χ3n) is 28.7. The number of carboxylic acids is 10. The van der Waals surface area contributed by atoms with E-state index < -0.39 is 98.6 Å². The summed E-state index contributed by atoms with van der Waals surface area (Å²) in [6.45, 7) is 23.8. The van der Waals surface area contributed by atoms with Crippen LogP contribution in [0.15, 0.2) is 12.7 Å². The van der Waals surface area contributed by atoms with Crippen LogP contribution in [0.2, 0.25) is 0 Å². The number of allylic oxidation sites excluding steroid dienone is 1. The SMILES string of the molecule is C=CCCCCCCCCCC(CCCCCCCCCCC(=O)O)(C(C)=O)C(=O)O.CC(=O)C(C)(C)CC(C)(C)C(=O)O.CC(=O)C(CCCCCCCCCCC(=O)O)C(=O)O.CC(=O)C(CCCCCCCCCCCO)(CCCCCCCCCCC(=O)O)C(=O)O.CCCCCCCCCCCC(C(C)=O)C(=O)O.CCCCCCCCCCCC(CCCCCCCCCCC(=O)O)(C(C)=O)C(=O)O. The molecule has 0 aromatic rings. The highest BCUT2D eigenvalue weighted by molar-refractivity contribution is 6.03. The van der Waals surface area contributed by atoms with Gasteiger partial charge in [-0.3, -0.25) is 76.7 Å². The van der Waals surface area contributed by atoms with Crippen molar-refractivity contribution in [1.29, 1.82) is 0 Å². The average Bonchev–Trinajstić information content (AvgIpc) is 0.814. The summed E-state index contributed by atoms with van der Waals surface area (Å²) in [5.41, 5.74) is -5.02. The number of aliphatic hydroxyl groups excluding tert-OH is 1. The molecule has 0 saturated carbocycles. The quantitative estimate of drug-likeness (QED) is 0.0153. The van der Waals surface area contributed by atoms with Crippen molar-refractivity contribution in [1.82, 2.24) is 0 Å². The van der Waals surface area contributed by atoms with Crippen LogP contribution in [-0.2, 0) is 76.7 Å². The molecule has 0 aromatic heterocycles. The van der Waals surface area contributed by atoms with Crippen LogP contribution in [0.4, 0.5) is 0 Å². The molecule has 0 aromatic carbocycles. The van der Waals surface area contributed by atoms with Crippen molar-refractivity contribution in [3.05, 3.63) is 12.7 Å². The minimum Gasteiger partial charge on any atom is -0.481 e. The Bertz CT molecular complexity index is 3280. The summed E-state index contributed by atoms with van der Waals surface area (Å²) in [4.78, 5) is 180. The second kappa shape index (κ2) is 99.7. The molecule has 145 heavy (non-hydrogen) atoms. The fourth-order valence-electron chi connectivity index (χ4n) is 18.6. The van der Waals surface area contributed by atoms with E-state index in [1.54, 1.807) is 27.7 Å². The molecule has 0 saturated heterocycles. The first-order chi connectivity index (χ1) is 68.7. The second-order valence-corrected chi connectivity index (χ2v) is 42.7. The van der Waals surface area contributed by atoms with E-state index in [-0.39, 0.29) is 67.0 Å². The van der Waals surface area contributed by atoms with Crippen LogP contribution in [0.1, 0.15) is 597 Å². The van der Waals surface area contributed by atoms with E-state index in [1.807, 2.05) is 6.08 Å². The minimum absolute atomic E-state index is 0.0295. The largest absolute Gasteiger partial charge is 0.481 e. The predicted octanol–water partition coefficient (Wildman–Crippen LogP) is 31.0. The van der Waals surface area contributed by atoms with E-state index in [0.717, 1.165) is 315 Å². The van der Waals surface area contributed by atoms with E-state index >= 15 is 0 Å². The number of hydrogen-bond donors (Lipinski definition) is 11. The average molecular weight is 2060 g/mol. The number of hydrogen-bond acceptors (Lipinski definition) is 17. The lowest BCUT2D eigenvalue weighted by Crippen LogP contribution is -2.38. The van der Waals surface area contributed by atoms with E-state index in [1.165, 1.54) is 157 Å². The molecule has 0 fully saturated rings. The molecule has 5 unspecified atom stereocenters. The van der Waals surface area contributed by atoms with Gasteiger partial charge in [-0.15, -0.1) is 6.58 Å². The molecule has 0 radical (unpaired) electrons. The monoisotopic (exact) mass is 2060 g/mol. The number of carboxylic acid groups (broad SMARTS) is 10. The van der Waals surface area contributed by atoms with Gasteiger partial charge in [0, 0.05) is 37.7 Å². The topological polar surface area (TPSA) is 496 Å². The molecular formula is C118H214O27. The molecule has 0 heterocycles. The summed E-state index contributed by atoms with van der Waals surface area (Å²) in [6, 6.07) is 0. The summed E-state index contributed by atoms with van der Waals surface area (Å²) in [6.07, 6.45) is 77.4. The number of rotatable bonds is 99. The van der Waals surface area contributed by atoms with E-state index in [0.29, 0.717) is 57.8 Å². The van der Waals surface area contributed by atoms with Gasteiger partial charge in [0.05, 0.1) is 5.41 Å². The van der Waals surface area contributed by atoms with Gasteiger partial charge in [-0.25, -0.2) is 0 Å². The first-order valence-electron chi connectivity index (χ1n) is 57.3. The highest BCUT2D eigenvalue weighted by Crippen LogP contribution is 2.39. The zero-order valence-corrected chi connectivity index (χ0v) is 93.7. The van der Waals surface area contributed by atoms with Gasteiger partial charge in [0.25, 0.3) is 0 Å². The van der Waals surface area contributed by atoms with E-state index in [2.05, 4.69) is 20.4 Å². The molecule has 0 aliphatic rings. The van der Waals surface area contributed by atoms with Gasteiger partial charge in [-0.1, -0.05) is 419 Å². The van der Waals surface area contributed by atoms with E-state index in [9.17, 15) is 92.0 Å². The third-order valence-corrected chi connectivity index (χ3v) is 28.7. The fourth-order valence-corrected chi connectivity index (χ4v) is 18.6. The zero-order valence-electron chi connectivity index (χ0n) is 93.7. The second-order valence-electron chi connectivity index (χ2n) is 42.7. The molecule has 0 spiro atoms. The van der Waals surface area contributed by atoms with Crippen LogP contribution in [0.5, 0.6) is 0 Å². The molecule has 11 N–H and O–H groups in total. The molecule has 0 bridgehead atoms. The molecule has 27 nitrogen and oxygen atoms in total. The number of carbonyl (C=O) groups is 16. The highest BCUT2D eigenvalue weighted by Gasteiger charge is 2.45. The smallest absolute Gasteiger partial charge is 0.317 e. The van der Waals surface area contributed by atoms with Crippen molar-refractivity contribution in [2.24, 2.45) is 38.9 Å². The Morgan fingerprint density at radius 3 is 0.559 bits per heavy atom. The number of Topliss-reactive ketones (excluding diaryl/α,β-unsaturated/α-hetero) is 6. The van der Waals surface area contributed by atoms with Crippen molar-refractivity contribution in [3.63, 3.8) is 0 Å². The van der Waals surface area contributed by atoms with Gasteiger partial charge in [-0.05, 0) is 158 Å². The fraction of sp³-hybridized carbons (Fsp3) is 0.847.